The number of aryl methyl sites for hydroxylation is 2. The first-order valence-corrected chi connectivity index (χ1v) is 10.00. The lowest BCUT2D eigenvalue weighted by molar-refractivity contribution is 0.101. The molecule has 2 heterocycles. The number of nitrogens with zero attached hydrogens (tertiary/aromatic N) is 3. The molecule has 30 heavy (non-hydrogen) atoms. The van der Waals surface area contributed by atoms with Crippen LogP contribution in [-0.4, -0.2) is 20.7 Å². The molecule has 2 aromatic heterocycles. The lowest BCUT2D eigenvalue weighted by Gasteiger charge is -2.12. The Bertz CT molecular complexity index is 1310. The van der Waals surface area contributed by atoms with Crippen molar-refractivity contribution >= 4 is 22.9 Å². The van der Waals surface area contributed by atoms with Gasteiger partial charge in [0.05, 0.1) is 10.7 Å². The van der Waals surface area contributed by atoms with Gasteiger partial charge in [0.1, 0.15) is 11.5 Å². The van der Waals surface area contributed by atoms with E-state index in [1.165, 1.54) is 34.2 Å². The maximum Gasteiger partial charge on any atom is 0.280 e. The van der Waals surface area contributed by atoms with Crippen LogP contribution in [0.1, 0.15) is 21.2 Å². The molecule has 0 aliphatic carbocycles. The van der Waals surface area contributed by atoms with Gasteiger partial charge in [-0.25, -0.2) is 14.1 Å². The zero-order valence-electron chi connectivity index (χ0n) is 16.2. The van der Waals surface area contributed by atoms with Crippen LogP contribution in [0, 0.1) is 19.7 Å². The Labute approximate surface area is 175 Å². The van der Waals surface area contributed by atoms with Crippen molar-refractivity contribution in [2.45, 2.75) is 13.8 Å². The molecule has 1 N–H and O–H groups in total. The quantitative estimate of drug-likeness (QED) is 0.532. The van der Waals surface area contributed by atoms with Crippen molar-refractivity contribution in [2.75, 3.05) is 5.32 Å². The average Bonchev–Trinajstić information content (AvgIpc) is 3.15. The third-order valence-corrected chi connectivity index (χ3v) is 5.21. The van der Waals surface area contributed by atoms with Crippen LogP contribution in [0.2, 0.25) is 0 Å². The number of hydrogen-bond donors (Lipinski definition) is 1. The Morgan fingerprint density at radius 3 is 2.63 bits per heavy atom. The largest absolute Gasteiger partial charge is 0.320 e. The minimum atomic E-state index is -0.670. The fourth-order valence-corrected chi connectivity index (χ4v) is 3.64. The Morgan fingerprint density at radius 2 is 1.90 bits per heavy atom. The fourth-order valence-electron chi connectivity index (χ4n) is 3.01. The molecular weight excluding hydrogens is 403 g/mol. The molecule has 0 spiro atoms. The summed E-state index contributed by atoms with van der Waals surface area (Å²) in [6.45, 7) is 3.55. The second kappa shape index (κ2) is 8.00. The molecule has 2 aromatic carbocycles. The van der Waals surface area contributed by atoms with Crippen LogP contribution in [0.3, 0.4) is 0 Å². The highest BCUT2D eigenvalue weighted by Crippen LogP contribution is 2.24. The number of rotatable bonds is 4. The van der Waals surface area contributed by atoms with Gasteiger partial charge in [0.25, 0.3) is 5.91 Å². The van der Waals surface area contributed by atoms with Gasteiger partial charge in [-0.05, 0) is 38.1 Å². The molecule has 0 unspecified atom stereocenters. The number of thiazole rings is 1. The summed E-state index contributed by atoms with van der Waals surface area (Å²) in [5, 5.41) is 9.70. The van der Waals surface area contributed by atoms with Crippen LogP contribution in [0.15, 0.2) is 64.8 Å². The van der Waals surface area contributed by atoms with Crippen LogP contribution in [0.4, 0.5) is 10.1 Å². The lowest BCUT2D eigenvalue weighted by Crippen LogP contribution is -2.27. The summed E-state index contributed by atoms with van der Waals surface area (Å²) in [5.41, 5.74) is 1.87. The molecule has 0 bridgehead atoms. The molecular formula is C22H17FN4O2S. The number of aromatic nitrogens is 3. The summed E-state index contributed by atoms with van der Waals surface area (Å²) in [6.07, 6.45) is 0. The van der Waals surface area contributed by atoms with Gasteiger partial charge in [0.15, 0.2) is 5.69 Å². The van der Waals surface area contributed by atoms with E-state index >= 15 is 0 Å². The summed E-state index contributed by atoms with van der Waals surface area (Å²) in [4.78, 5) is 29.6. The molecule has 0 saturated heterocycles. The Kier molecular flexibility index (Phi) is 5.24. The summed E-state index contributed by atoms with van der Waals surface area (Å²) < 4.78 is 15.4. The third-order valence-electron chi connectivity index (χ3n) is 4.44. The van der Waals surface area contributed by atoms with E-state index in [4.69, 9.17) is 0 Å². The van der Waals surface area contributed by atoms with Crippen molar-refractivity contribution in [3.05, 3.63) is 92.4 Å². The number of para-hydroxylation sites is 1. The zero-order valence-corrected chi connectivity index (χ0v) is 17.0. The van der Waals surface area contributed by atoms with Gasteiger partial charge in [0, 0.05) is 28.4 Å². The van der Waals surface area contributed by atoms with E-state index < -0.39 is 17.2 Å². The summed E-state index contributed by atoms with van der Waals surface area (Å²) in [5.74, 6) is -1.17. The molecule has 0 aliphatic rings. The molecule has 0 saturated carbocycles. The SMILES string of the molecule is Cc1nc(-c2cccc(NC(=O)c3nn(-c4ccccc4F)c(C)cc3=O)c2)cs1. The summed E-state index contributed by atoms with van der Waals surface area (Å²) in [7, 11) is 0. The number of hydrogen-bond acceptors (Lipinski definition) is 5. The van der Waals surface area contributed by atoms with Crippen LogP contribution in [0.5, 0.6) is 0 Å². The molecule has 8 heteroatoms. The van der Waals surface area contributed by atoms with Gasteiger partial charge >= 0.3 is 0 Å². The normalized spacial score (nSPS) is 10.8. The van der Waals surface area contributed by atoms with Crippen LogP contribution >= 0.6 is 11.3 Å². The minimum absolute atomic E-state index is 0.157. The average molecular weight is 420 g/mol. The van der Waals surface area contributed by atoms with Crippen molar-refractivity contribution < 1.29 is 9.18 Å². The first-order chi connectivity index (χ1) is 14.4. The van der Waals surface area contributed by atoms with E-state index in [0.717, 1.165) is 16.3 Å². The first kappa shape index (κ1) is 19.7. The Morgan fingerprint density at radius 1 is 1.10 bits per heavy atom. The highest BCUT2D eigenvalue weighted by Gasteiger charge is 2.17. The molecule has 6 nitrogen and oxygen atoms in total. The second-order valence-corrected chi connectivity index (χ2v) is 7.71. The first-order valence-electron chi connectivity index (χ1n) is 9.12. The fraction of sp³-hybridized carbons (Fsp3) is 0.0909. The van der Waals surface area contributed by atoms with Crippen molar-refractivity contribution in [2.24, 2.45) is 0 Å². The summed E-state index contributed by atoms with van der Waals surface area (Å²) >= 11 is 1.54. The third kappa shape index (κ3) is 3.90. The second-order valence-electron chi connectivity index (χ2n) is 6.65. The van der Waals surface area contributed by atoms with Gasteiger partial charge in [-0.3, -0.25) is 9.59 Å². The number of anilines is 1. The van der Waals surface area contributed by atoms with E-state index in [-0.39, 0.29) is 11.4 Å². The number of carbonyl (C=O) groups is 1. The molecule has 4 aromatic rings. The molecule has 0 aliphatic heterocycles. The standard InChI is InChI=1S/C22H17FN4O2S/c1-13-10-20(28)21(26-27(13)19-9-4-3-8-17(19)23)22(29)25-16-7-5-6-15(11-16)18-12-30-14(2)24-18/h3-12H,1-2H3,(H,25,29). The number of benzene rings is 2. The van der Waals surface area contributed by atoms with Crippen LogP contribution in [-0.2, 0) is 0 Å². The minimum Gasteiger partial charge on any atom is -0.320 e. The molecule has 1 amide bonds. The van der Waals surface area contributed by atoms with Crippen LogP contribution < -0.4 is 10.7 Å². The molecule has 0 radical (unpaired) electrons. The van der Waals surface area contributed by atoms with Gasteiger partial charge in [0.2, 0.25) is 5.43 Å². The van der Waals surface area contributed by atoms with Gasteiger partial charge in [-0.2, -0.15) is 5.10 Å². The van der Waals surface area contributed by atoms with E-state index in [0.29, 0.717) is 11.4 Å². The van der Waals surface area contributed by atoms with Crippen molar-refractivity contribution in [1.82, 2.24) is 14.8 Å². The zero-order chi connectivity index (χ0) is 21.3. The van der Waals surface area contributed by atoms with Crippen molar-refractivity contribution in [1.29, 1.82) is 0 Å². The number of halogens is 1. The Hall–Kier alpha value is -3.65. The highest BCUT2D eigenvalue weighted by molar-refractivity contribution is 7.09. The van der Waals surface area contributed by atoms with E-state index in [2.05, 4.69) is 15.4 Å². The summed E-state index contributed by atoms with van der Waals surface area (Å²) in [6, 6.07) is 14.5. The highest BCUT2D eigenvalue weighted by atomic mass is 32.1. The number of amides is 1. The van der Waals surface area contributed by atoms with E-state index in [1.54, 1.807) is 37.3 Å². The van der Waals surface area contributed by atoms with E-state index in [1.807, 2.05) is 18.4 Å². The molecule has 0 atom stereocenters. The van der Waals surface area contributed by atoms with Crippen LogP contribution in [0.25, 0.3) is 16.9 Å². The molecule has 4 rings (SSSR count). The number of carbonyl (C=O) groups excluding carboxylic acids is 1. The lowest BCUT2D eigenvalue weighted by atomic mass is 10.1. The predicted octanol–water partition coefficient (Wildman–Crippen LogP) is 4.36. The predicted molar refractivity (Wildman–Crippen MR) is 115 cm³/mol. The van der Waals surface area contributed by atoms with Crippen molar-refractivity contribution in [3.8, 4) is 16.9 Å². The Balaban J connectivity index is 1.67. The van der Waals surface area contributed by atoms with E-state index in [9.17, 15) is 14.0 Å². The molecule has 0 fully saturated rings. The maximum atomic E-state index is 14.2. The maximum absolute atomic E-state index is 14.2. The topological polar surface area (TPSA) is 76.9 Å². The van der Waals surface area contributed by atoms with Gasteiger partial charge < -0.3 is 5.32 Å². The van der Waals surface area contributed by atoms with Crippen molar-refractivity contribution in [3.63, 3.8) is 0 Å². The van der Waals surface area contributed by atoms with Gasteiger partial charge in [-0.15, -0.1) is 11.3 Å². The number of nitrogens with one attached hydrogen (secondary N) is 1. The smallest absolute Gasteiger partial charge is 0.280 e. The monoisotopic (exact) mass is 420 g/mol. The van der Waals surface area contributed by atoms with Gasteiger partial charge in [-0.1, -0.05) is 24.3 Å². The molecule has 150 valence electrons.